The molecule has 0 unspecified atom stereocenters. The number of aryl methyl sites for hydroxylation is 1. The highest BCUT2D eigenvalue weighted by molar-refractivity contribution is 8.00. The molecule has 2 aromatic rings. The maximum absolute atomic E-state index is 13.2. The normalized spacial score (nSPS) is 17.3. The van der Waals surface area contributed by atoms with E-state index in [9.17, 15) is 9.59 Å². The number of thioether (sulfide) groups is 1. The zero-order chi connectivity index (χ0) is 22.7. The largest absolute Gasteiger partial charge is 0.497 e. The van der Waals surface area contributed by atoms with Gasteiger partial charge >= 0.3 is 6.03 Å². The molecule has 0 saturated carbocycles. The van der Waals surface area contributed by atoms with Gasteiger partial charge in [-0.05, 0) is 31.9 Å². The first-order valence-corrected chi connectivity index (χ1v) is 11.7. The van der Waals surface area contributed by atoms with E-state index < -0.39 is 0 Å². The molecular weight excluding hydrogens is 426 g/mol. The Balaban J connectivity index is 1.41. The summed E-state index contributed by atoms with van der Waals surface area (Å²) in [5, 5.41) is 2.94. The lowest BCUT2D eigenvalue weighted by Crippen LogP contribution is -2.54. The number of ether oxygens (including phenoxy) is 2. The van der Waals surface area contributed by atoms with Crippen molar-refractivity contribution < 1.29 is 19.1 Å². The number of piperidine rings is 1. The summed E-state index contributed by atoms with van der Waals surface area (Å²) in [6.07, 6.45) is 1.51. The van der Waals surface area contributed by atoms with Crippen molar-refractivity contribution in [3.8, 4) is 11.5 Å². The molecule has 0 radical (unpaired) electrons. The van der Waals surface area contributed by atoms with E-state index in [1.807, 2.05) is 52.8 Å². The smallest absolute Gasteiger partial charge is 0.321 e. The predicted molar refractivity (Wildman–Crippen MR) is 127 cm³/mol. The highest BCUT2D eigenvalue weighted by atomic mass is 32.2. The van der Waals surface area contributed by atoms with Crippen molar-refractivity contribution in [1.29, 1.82) is 0 Å². The lowest BCUT2D eigenvalue weighted by atomic mass is 10.0. The minimum absolute atomic E-state index is 0.0800. The number of rotatable bonds is 4. The molecule has 2 aliphatic rings. The average molecular weight is 456 g/mol. The molecule has 0 bridgehead atoms. The molecule has 2 aromatic carbocycles. The Morgan fingerprint density at radius 3 is 2.19 bits per heavy atom. The average Bonchev–Trinajstić information content (AvgIpc) is 3.21. The van der Waals surface area contributed by atoms with Crippen molar-refractivity contribution in [3.05, 3.63) is 53.6 Å². The first kappa shape index (κ1) is 22.3. The number of anilines is 1. The van der Waals surface area contributed by atoms with E-state index in [0.717, 1.165) is 36.3 Å². The number of benzene rings is 2. The van der Waals surface area contributed by atoms with Crippen LogP contribution in [0.2, 0.25) is 0 Å². The van der Waals surface area contributed by atoms with Gasteiger partial charge < -0.3 is 24.6 Å². The molecule has 2 heterocycles. The van der Waals surface area contributed by atoms with E-state index >= 15 is 0 Å². The lowest BCUT2D eigenvalue weighted by Gasteiger charge is -2.44. The zero-order valence-corrected chi connectivity index (χ0v) is 19.5. The zero-order valence-electron chi connectivity index (χ0n) is 18.7. The molecule has 1 spiro atoms. The number of nitrogens with one attached hydrogen (secondary N) is 1. The first-order chi connectivity index (χ1) is 15.4. The molecule has 1 N–H and O–H groups in total. The van der Waals surface area contributed by atoms with Gasteiger partial charge in [0.15, 0.2) is 0 Å². The van der Waals surface area contributed by atoms with E-state index in [4.69, 9.17) is 9.47 Å². The number of likely N-dealkylation sites (tertiary alicyclic amines) is 1. The molecule has 8 heteroatoms. The summed E-state index contributed by atoms with van der Waals surface area (Å²) >= 11 is 1.84. The summed E-state index contributed by atoms with van der Waals surface area (Å²) in [6.45, 7) is 3.95. The Morgan fingerprint density at radius 1 is 0.969 bits per heavy atom. The third kappa shape index (κ3) is 4.50. The number of urea groups is 1. The fraction of sp³-hybridized carbons (Fsp3) is 0.417. The lowest BCUT2D eigenvalue weighted by molar-refractivity contribution is 0.0585. The molecular formula is C24H29N3O4S. The summed E-state index contributed by atoms with van der Waals surface area (Å²) in [4.78, 5) is 29.7. The topological polar surface area (TPSA) is 71.1 Å². The Morgan fingerprint density at radius 2 is 1.59 bits per heavy atom. The Labute approximate surface area is 193 Å². The van der Waals surface area contributed by atoms with Crippen LogP contribution < -0.4 is 14.8 Å². The molecule has 2 fully saturated rings. The number of methoxy groups -OCH3 is 2. The highest BCUT2D eigenvalue weighted by Crippen LogP contribution is 2.44. The van der Waals surface area contributed by atoms with Crippen molar-refractivity contribution >= 4 is 29.4 Å². The Bertz CT molecular complexity index is 965. The van der Waals surface area contributed by atoms with Crippen LogP contribution in [0.15, 0.2) is 42.5 Å². The number of hydrogen-bond acceptors (Lipinski definition) is 5. The minimum Gasteiger partial charge on any atom is -0.497 e. The molecule has 0 atom stereocenters. The summed E-state index contributed by atoms with van der Waals surface area (Å²) in [7, 11) is 3.15. The van der Waals surface area contributed by atoms with E-state index in [0.29, 0.717) is 30.3 Å². The third-order valence-corrected chi connectivity index (χ3v) is 7.71. The van der Waals surface area contributed by atoms with Crippen LogP contribution in [0.3, 0.4) is 0 Å². The van der Waals surface area contributed by atoms with Crippen molar-refractivity contribution in [3.63, 3.8) is 0 Å². The predicted octanol–water partition coefficient (Wildman–Crippen LogP) is 4.23. The molecule has 2 saturated heterocycles. The standard InChI is InChI=1S/C24H29N3O4S/c1-17-4-6-18(7-5-17)22(28)27-12-13-32-24(27)8-10-26(11-9-24)23(29)25-19-14-20(30-2)16-21(15-19)31-3/h4-7,14-16H,8-13H2,1-3H3,(H,25,29). The van der Waals surface area contributed by atoms with Crippen LogP contribution in [-0.2, 0) is 0 Å². The second-order valence-electron chi connectivity index (χ2n) is 8.14. The van der Waals surface area contributed by atoms with Gasteiger partial charge in [0.25, 0.3) is 5.91 Å². The van der Waals surface area contributed by atoms with Crippen LogP contribution in [0, 0.1) is 6.92 Å². The molecule has 170 valence electrons. The van der Waals surface area contributed by atoms with Crippen LogP contribution in [-0.4, -0.2) is 66.2 Å². The summed E-state index contributed by atoms with van der Waals surface area (Å²) in [6, 6.07) is 12.9. The van der Waals surface area contributed by atoms with Crippen LogP contribution >= 0.6 is 11.8 Å². The molecule has 2 aliphatic heterocycles. The van der Waals surface area contributed by atoms with Gasteiger partial charge in [0.2, 0.25) is 0 Å². The van der Waals surface area contributed by atoms with E-state index in [2.05, 4.69) is 5.32 Å². The molecule has 0 aromatic heterocycles. The fourth-order valence-corrected chi connectivity index (χ4v) is 5.76. The molecule has 4 rings (SSSR count). The van der Waals surface area contributed by atoms with Gasteiger partial charge in [-0.1, -0.05) is 17.7 Å². The SMILES string of the molecule is COc1cc(NC(=O)N2CCC3(CC2)SCCN3C(=O)c2ccc(C)cc2)cc(OC)c1. The minimum atomic E-state index is -0.238. The number of carbonyl (C=O) groups excluding carboxylic acids is 2. The van der Waals surface area contributed by atoms with Crippen molar-refractivity contribution in [2.24, 2.45) is 0 Å². The highest BCUT2D eigenvalue weighted by Gasteiger charge is 2.47. The van der Waals surface area contributed by atoms with E-state index in [1.54, 1.807) is 32.4 Å². The van der Waals surface area contributed by atoms with Gasteiger partial charge in [0.1, 0.15) is 11.5 Å². The number of nitrogens with zero attached hydrogens (tertiary/aromatic N) is 2. The van der Waals surface area contributed by atoms with Gasteiger partial charge in [-0.15, -0.1) is 11.8 Å². The monoisotopic (exact) mass is 455 g/mol. The second-order valence-corrected chi connectivity index (χ2v) is 9.59. The molecule has 0 aliphatic carbocycles. The van der Waals surface area contributed by atoms with Crippen LogP contribution in [0.5, 0.6) is 11.5 Å². The Kier molecular flexibility index (Phi) is 6.50. The summed E-state index contributed by atoms with van der Waals surface area (Å²) < 4.78 is 10.6. The quantitative estimate of drug-likeness (QED) is 0.747. The van der Waals surface area contributed by atoms with E-state index in [-0.39, 0.29) is 16.8 Å². The number of amides is 3. The second kappa shape index (κ2) is 9.32. The maximum Gasteiger partial charge on any atom is 0.321 e. The van der Waals surface area contributed by atoms with Gasteiger partial charge in [-0.3, -0.25) is 4.79 Å². The summed E-state index contributed by atoms with van der Waals surface area (Å²) in [5.74, 6) is 2.24. The fourth-order valence-electron chi connectivity index (χ4n) is 4.30. The molecule has 32 heavy (non-hydrogen) atoms. The van der Waals surface area contributed by atoms with Gasteiger partial charge in [0.05, 0.1) is 19.1 Å². The van der Waals surface area contributed by atoms with E-state index in [1.165, 1.54) is 0 Å². The Hall–Kier alpha value is -2.87. The number of carbonyl (C=O) groups is 2. The molecule has 3 amide bonds. The van der Waals surface area contributed by atoms with Crippen molar-refractivity contribution in [2.75, 3.05) is 44.9 Å². The van der Waals surface area contributed by atoms with Crippen LogP contribution in [0.4, 0.5) is 10.5 Å². The van der Waals surface area contributed by atoms with Crippen LogP contribution in [0.1, 0.15) is 28.8 Å². The maximum atomic E-state index is 13.2. The van der Waals surface area contributed by atoms with Gasteiger partial charge in [0, 0.05) is 54.8 Å². The first-order valence-electron chi connectivity index (χ1n) is 10.8. The molecule has 7 nitrogen and oxygen atoms in total. The number of hydrogen-bond donors (Lipinski definition) is 1. The van der Waals surface area contributed by atoms with Crippen molar-refractivity contribution in [2.45, 2.75) is 24.6 Å². The third-order valence-electron chi connectivity index (χ3n) is 6.16. The van der Waals surface area contributed by atoms with Crippen LogP contribution in [0.25, 0.3) is 0 Å². The van der Waals surface area contributed by atoms with Gasteiger partial charge in [-0.2, -0.15) is 0 Å². The van der Waals surface area contributed by atoms with Crippen molar-refractivity contribution in [1.82, 2.24) is 9.80 Å². The van der Waals surface area contributed by atoms with Gasteiger partial charge in [-0.25, -0.2) is 4.79 Å². The summed E-state index contributed by atoms with van der Waals surface area (Å²) in [5.41, 5.74) is 2.49.